The van der Waals surface area contributed by atoms with Gasteiger partial charge in [-0.1, -0.05) is 0 Å². The van der Waals surface area contributed by atoms with Gasteiger partial charge in [0.05, 0.1) is 14.2 Å². The summed E-state index contributed by atoms with van der Waals surface area (Å²) in [6.07, 6.45) is 3.21. The fourth-order valence-corrected chi connectivity index (χ4v) is 3.72. The third-order valence-corrected chi connectivity index (χ3v) is 5.17. The Hall–Kier alpha value is -2.12. The maximum absolute atomic E-state index is 12.0. The molecule has 25 heavy (non-hydrogen) atoms. The van der Waals surface area contributed by atoms with E-state index in [1.54, 1.807) is 20.4 Å². The molecule has 134 valence electrons. The van der Waals surface area contributed by atoms with Crippen LogP contribution in [0.2, 0.25) is 0 Å². The number of amides is 1. The van der Waals surface area contributed by atoms with Gasteiger partial charge in [-0.2, -0.15) is 0 Å². The van der Waals surface area contributed by atoms with Crippen LogP contribution in [0, 0.1) is 0 Å². The van der Waals surface area contributed by atoms with Crippen molar-refractivity contribution < 1.29 is 14.3 Å². The number of ether oxygens (including phenoxy) is 2. The molecule has 1 aliphatic heterocycles. The third kappa shape index (κ3) is 4.49. The standard InChI is InChI=1S/C18H23N3O3S/c1-23-14-3-4-16(24-2)15(11-14)13-5-8-21(12-13)9-6-17(22)20-18-19-7-10-25-18/h3-4,7,10-11,13H,5-6,8-9,12H2,1-2H3,(H,19,20,22)/t13-/m0/s1. The quantitative estimate of drug-likeness (QED) is 0.821. The number of thiazole rings is 1. The number of carbonyl (C=O) groups is 1. The lowest BCUT2D eigenvalue weighted by Gasteiger charge is -2.18. The fraction of sp³-hybridized carbons (Fsp3) is 0.444. The number of likely N-dealkylation sites (tertiary alicyclic amines) is 1. The molecule has 0 bridgehead atoms. The van der Waals surface area contributed by atoms with Crippen molar-refractivity contribution in [1.29, 1.82) is 0 Å². The van der Waals surface area contributed by atoms with E-state index >= 15 is 0 Å². The second-order valence-electron chi connectivity index (χ2n) is 6.03. The van der Waals surface area contributed by atoms with Crippen LogP contribution >= 0.6 is 11.3 Å². The number of hydrogen-bond donors (Lipinski definition) is 1. The van der Waals surface area contributed by atoms with Gasteiger partial charge in [0.1, 0.15) is 11.5 Å². The number of methoxy groups -OCH3 is 2. The lowest BCUT2D eigenvalue weighted by atomic mass is 9.97. The molecule has 6 nitrogen and oxygen atoms in total. The fourth-order valence-electron chi connectivity index (χ4n) is 3.17. The van der Waals surface area contributed by atoms with Crippen LogP contribution in [-0.2, 0) is 4.79 Å². The number of anilines is 1. The highest BCUT2D eigenvalue weighted by atomic mass is 32.1. The highest BCUT2D eigenvalue weighted by Gasteiger charge is 2.26. The van der Waals surface area contributed by atoms with E-state index in [0.29, 0.717) is 17.5 Å². The van der Waals surface area contributed by atoms with Crippen molar-refractivity contribution in [1.82, 2.24) is 9.88 Å². The Morgan fingerprint density at radius 2 is 2.28 bits per heavy atom. The van der Waals surface area contributed by atoms with Gasteiger partial charge in [-0.05, 0) is 31.2 Å². The molecule has 1 fully saturated rings. The van der Waals surface area contributed by atoms with E-state index in [0.717, 1.165) is 37.6 Å². The summed E-state index contributed by atoms with van der Waals surface area (Å²) >= 11 is 1.43. The van der Waals surface area contributed by atoms with Crippen LogP contribution in [0.1, 0.15) is 24.3 Å². The molecule has 3 rings (SSSR count). The van der Waals surface area contributed by atoms with E-state index < -0.39 is 0 Å². The first kappa shape index (κ1) is 17.7. The predicted molar refractivity (Wildman–Crippen MR) is 98.7 cm³/mol. The van der Waals surface area contributed by atoms with E-state index in [9.17, 15) is 4.79 Å². The molecule has 0 radical (unpaired) electrons. The van der Waals surface area contributed by atoms with Crippen LogP contribution in [0.5, 0.6) is 11.5 Å². The lowest BCUT2D eigenvalue weighted by molar-refractivity contribution is -0.116. The molecule has 2 aromatic rings. The van der Waals surface area contributed by atoms with Gasteiger partial charge in [-0.15, -0.1) is 11.3 Å². The summed E-state index contributed by atoms with van der Waals surface area (Å²) in [5.41, 5.74) is 1.18. The maximum Gasteiger partial charge on any atom is 0.227 e. The van der Waals surface area contributed by atoms with Gasteiger partial charge in [0.25, 0.3) is 0 Å². The highest BCUT2D eigenvalue weighted by Crippen LogP contribution is 2.35. The van der Waals surface area contributed by atoms with Crippen LogP contribution in [0.15, 0.2) is 29.8 Å². The molecule has 1 amide bonds. The van der Waals surface area contributed by atoms with Gasteiger partial charge in [0.2, 0.25) is 5.91 Å². The first-order valence-corrected chi connectivity index (χ1v) is 9.21. The summed E-state index contributed by atoms with van der Waals surface area (Å²) in [5.74, 6) is 2.15. The van der Waals surface area contributed by atoms with Crippen molar-refractivity contribution in [3.8, 4) is 11.5 Å². The first-order chi connectivity index (χ1) is 12.2. The number of nitrogens with zero attached hydrogens (tertiary/aromatic N) is 2. The smallest absolute Gasteiger partial charge is 0.227 e. The zero-order valence-corrected chi connectivity index (χ0v) is 15.3. The molecule has 1 N–H and O–H groups in total. The minimum absolute atomic E-state index is 0.0114. The van der Waals surface area contributed by atoms with Crippen molar-refractivity contribution in [2.24, 2.45) is 0 Å². The molecular weight excluding hydrogens is 338 g/mol. The molecule has 2 heterocycles. The Labute approximate surface area is 151 Å². The van der Waals surface area contributed by atoms with Crippen molar-refractivity contribution in [2.75, 3.05) is 39.2 Å². The molecule has 1 aromatic heterocycles. The number of nitrogens with one attached hydrogen (secondary N) is 1. The van der Waals surface area contributed by atoms with Crippen molar-refractivity contribution in [2.45, 2.75) is 18.8 Å². The highest BCUT2D eigenvalue weighted by molar-refractivity contribution is 7.13. The summed E-state index contributed by atoms with van der Waals surface area (Å²) in [6, 6.07) is 5.93. The lowest BCUT2D eigenvalue weighted by Crippen LogP contribution is -2.25. The van der Waals surface area contributed by atoms with Crippen LogP contribution in [0.3, 0.4) is 0 Å². The van der Waals surface area contributed by atoms with E-state index in [-0.39, 0.29) is 5.91 Å². The second kappa shape index (κ2) is 8.31. The molecule has 1 atom stereocenters. The molecule has 0 saturated carbocycles. The van der Waals surface area contributed by atoms with Crippen LogP contribution < -0.4 is 14.8 Å². The molecule has 1 aliphatic rings. The summed E-state index contributed by atoms with van der Waals surface area (Å²) in [6.45, 7) is 2.66. The van der Waals surface area contributed by atoms with E-state index in [4.69, 9.17) is 9.47 Å². The van der Waals surface area contributed by atoms with Gasteiger partial charge in [-0.25, -0.2) is 4.98 Å². The van der Waals surface area contributed by atoms with Crippen LogP contribution in [0.25, 0.3) is 0 Å². The van der Waals surface area contributed by atoms with Gasteiger partial charge in [0.15, 0.2) is 5.13 Å². The zero-order valence-electron chi connectivity index (χ0n) is 14.5. The molecular formula is C18H23N3O3S. The molecule has 1 saturated heterocycles. The third-order valence-electron chi connectivity index (χ3n) is 4.48. The van der Waals surface area contributed by atoms with Crippen LogP contribution in [-0.4, -0.2) is 49.6 Å². The molecule has 0 unspecified atom stereocenters. The predicted octanol–water partition coefficient (Wildman–Crippen LogP) is 2.98. The molecule has 0 spiro atoms. The van der Waals surface area contributed by atoms with Crippen molar-refractivity contribution in [3.63, 3.8) is 0 Å². The van der Waals surface area contributed by atoms with E-state index in [1.807, 2.05) is 17.5 Å². The largest absolute Gasteiger partial charge is 0.497 e. The van der Waals surface area contributed by atoms with Crippen LogP contribution in [0.4, 0.5) is 5.13 Å². The molecule has 0 aliphatic carbocycles. The monoisotopic (exact) mass is 361 g/mol. The van der Waals surface area contributed by atoms with Gasteiger partial charge in [0, 0.05) is 42.6 Å². The Morgan fingerprint density at radius 1 is 1.40 bits per heavy atom. The number of aromatic nitrogens is 1. The second-order valence-corrected chi connectivity index (χ2v) is 6.92. The summed E-state index contributed by atoms with van der Waals surface area (Å²) in [4.78, 5) is 18.4. The normalized spacial score (nSPS) is 17.4. The Kier molecular flexibility index (Phi) is 5.88. The van der Waals surface area contributed by atoms with Gasteiger partial charge >= 0.3 is 0 Å². The summed E-state index contributed by atoms with van der Waals surface area (Å²) < 4.78 is 10.8. The average molecular weight is 361 g/mol. The molecule has 1 aromatic carbocycles. The topological polar surface area (TPSA) is 63.7 Å². The number of rotatable bonds is 7. The van der Waals surface area contributed by atoms with Gasteiger partial charge < -0.3 is 19.7 Å². The first-order valence-electron chi connectivity index (χ1n) is 8.33. The van der Waals surface area contributed by atoms with E-state index in [2.05, 4.69) is 21.3 Å². The zero-order chi connectivity index (χ0) is 17.6. The maximum atomic E-state index is 12.0. The minimum Gasteiger partial charge on any atom is -0.497 e. The number of benzene rings is 1. The number of carbonyl (C=O) groups excluding carboxylic acids is 1. The SMILES string of the molecule is COc1ccc(OC)c([C@H]2CCN(CCC(=O)Nc3nccs3)C2)c1. The Morgan fingerprint density at radius 3 is 3.00 bits per heavy atom. The summed E-state index contributed by atoms with van der Waals surface area (Å²) in [5, 5.41) is 5.33. The number of hydrogen-bond acceptors (Lipinski definition) is 6. The van der Waals surface area contributed by atoms with Gasteiger partial charge in [-0.3, -0.25) is 4.79 Å². The summed E-state index contributed by atoms with van der Waals surface area (Å²) in [7, 11) is 3.37. The Balaban J connectivity index is 1.54. The minimum atomic E-state index is 0.0114. The van der Waals surface area contributed by atoms with E-state index in [1.165, 1.54) is 16.9 Å². The Bertz CT molecular complexity index is 706. The average Bonchev–Trinajstić information content (AvgIpc) is 3.31. The van der Waals surface area contributed by atoms with Crippen molar-refractivity contribution in [3.05, 3.63) is 35.3 Å². The van der Waals surface area contributed by atoms with Crippen molar-refractivity contribution >= 4 is 22.4 Å². The molecule has 7 heteroatoms.